The third kappa shape index (κ3) is 3.73. The number of aromatic nitrogens is 2. The molecule has 138 valence electrons. The maximum absolute atomic E-state index is 13.4. The SMILES string of the molecule is CC(=O)NC[C@H](C)Oc1nonc1/C(=N\O)N[C@H]1Cc2ccc(F)cc21. The van der Waals surface area contributed by atoms with Crippen LogP contribution in [-0.2, 0) is 11.2 Å². The maximum Gasteiger partial charge on any atom is 0.287 e. The molecule has 0 fully saturated rings. The average molecular weight is 363 g/mol. The monoisotopic (exact) mass is 363 g/mol. The second kappa shape index (κ2) is 7.38. The van der Waals surface area contributed by atoms with E-state index in [4.69, 9.17) is 4.74 Å². The molecule has 2 aromatic rings. The van der Waals surface area contributed by atoms with Crippen molar-refractivity contribution in [3.63, 3.8) is 0 Å². The fourth-order valence-electron chi connectivity index (χ4n) is 2.64. The highest BCUT2D eigenvalue weighted by atomic mass is 19.1. The molecular formula is C16H18FN5O4. The van der Waals surface area contributed by atoms with Crippen LogP contribution in [-0.4, -0.2) is 39.9 Å². The number of hydrogen-bond acceptors (Lipinski definition) is 7. The minimum Gasteiger partial charge on any atom is -0.469 e. The van der Waals surface area contributed by atoms with Gasteiger partial charge in [-0.15, -0.1) is 0 Å². The van der Waals surface area contributed by atoms with Crippen LogP contribution in [0.15, 0.2) is 28.0 Å². The van der Waals surface area contributed by atoms with Crippen LogP contribution in [0, 0.1) is 5.82 Å². The molecule has 9 nitrogen and oxygen atoms in total. The lowest BCUT2D eigenvalue weighted by atomic mass is 9.83. The van der Waals surface area contributed by atoms with Gasteiger partial charge in [0, 0.05) is 6.92 Å². The summed E-state index contributed by atoms with van der Waals surface area (Å²) in [6.07, 6.45) is 0.234. The molecule has 1 aliphatic carbocycles. The van der Waals surface area contributed by atoms with Crippen molar-refractivity contribution in [2.45, 2.75) is 32.4 Å². The molecule has 0 aliphatic heterocycles. The van der Waals surface area contributed by atoms with Crippen LogP contribution in [0.4, 0.5) is 4.39 Å². The van der Waals surface area contributed by atoms with Crippen LogP contribution in [0.2, 0.25) is 0 Å². The van der Waals surface area contributed by atoms with Crippen LogP contribution < -0.4 is 15.4 Å². The van der Waals surface area contributed by atoms with Crippen molar-refractivity contribution in [3.05, 3.63) is 40.8 Å². The molecule has 0 saturated heterocycles. The second-order valence-corrected chi connectivity index (χ2v) is 5.98. The number of amides is 1. The van der Waals surface area contributed by atoms with Crippen LogP contribution in [0.1, 0.15) is 36.7 Å². The van der Waals surface area contributed by atoms with Gasteiger partial charge < -0.3 is 20.6 Å². The normalized spacial score (nSPS) is 17.0. The summed E-state index contributed by atoms with van der Waals surface area (Å²) in [5, 5.41) is 25.5. The Morgan fingerprint density at radius 1 is 1.54 bits per heavy atom. The zero-order valence-electron chi connectivity index (χ0n) is 14.2. The van der Waals surface area contributed by atoms with Gasteiger partial charge in [-0.1, -0.05) is 11.2 Å². The van der Waals surface area contributed by atoms with Gasteiger partial charge in [0.05, 0.1) is 12.6 Å². The lowest BCUT2D eigenvalue weighted by molar-refractivity contribution is -0.119. The van der Waals surface area contributed by atoms with E-state index in [-0.39, 0.29) is 41.7 Å². The number of fused-ring (bicyclic) bond motifs is 1. The number of carbonyl (C=O) groups excluding carboxylic acids is 1. The summed E-state index contributed by atoms with van der Waals surface area (Å²) in [5.74, 6) is -0.513. The smallest absolute Gasteiger partial charge is 0.287 e. The molecule has 3 rings (SSSR count). The molecular weight excluding hydrogens is 345 g/mol. The summed E-state index contributed by atoms with van der Waals surface area (Å²) >= 11 is 0. The molecule has 0 radical (unpaired) electrons. The number of hydrogen-bond donors (Lipinski definition) is 3. The van der Waals surface area contributed by atoms with Crippen molar-refractivity contribution in [2.24, 2.45) is 5.16 Å². The third-order valence-corrected chi connectivity index (χ3v) is 3.95. The number of benzene rings is 1. The second-order valence-electron chi connectivity index (χ2n) is 5.98. The number of amidine groups is 1. The summed E-state index contributed by atoms with van der Waals surface area (Å²) in [7, 11) is 0. The van der Waals surface area contributed by atoms with Gasteiger partial charge in [-0.25, -0.2) is 9.02 Å². The van der Waals surface area contributed by atoms with E-state index < -0.39 is 6.10 Å². The lowest BCUT2D eigenvalue weighted by Crippen LogP contribution is -2.37. The molecule has 0 saturated carbocycles. The maximum atomic E-state index is 13.4. The number of halogens is 1. The molecule has 1 aliphatic rings. The molecule has 3 N–H and O–H groups in total. The first-order valence-electron chi connectivity index (χ1n) is 7.99. The standard InChI is InChI=1S/C16H18FN5O4/c1-8(7-18-9(2)23)25-16-14(21-26-22-16)15(20-24)19-13-5-10-3-4-11(17)6-12(10)13/h3-4,6,8,13,24H,5,7H2,1-2H3,(H,18,23)(H,19,20)/t8-,13-/m0/s1. The zero-order chi connectivity index (χ0) is 18.7. The molecule has 0 unspecified atom stereocenters. The Kier molecular flexibility index (Phi) is 5.01. The summed E-state index contributed by atoms with van der Waals surface area (Å²) in [6, 6.07) is 4.32. The van der Waals surface area contributed by atoms with E-state index in [0.29, 0.717) is 6.42 Å². The van der Waals surface area contributed by atoms with E-state index in [9.17, 15) is 14.4 Å². The Morgan fingerprint density at radius 2 is 2.35 bits per heavy atom. The van der Waals surface area contributed by atoms with Gasteiger partial charge in [0.1, 0.15) is 11.9 Å². The minimum absolute atomic E-state index is 0.00658. The molecule has 0 spiro atoms. The van der Waals surface area contributed by atoms with Crippen molar-refractivity contribution >= 4 is 11.7 Å². The molecule has 1 aromatic heterocycles. The Bertz CT molecular complexity index is 838. The zero-order valence-corrected chi connectivity index (χ0v) is 14.2. The first-order chi connectivity index (χ1) is 12.5. The fraction of sp³-hybridized carbons (Fsp3) is 0.375. The predicted molar refractivity (Wildman–Crippen MR) is 87.4 cm³/mol. The van der Waals surface area contributed by atoms with Crippen molar-refractivity contribution in [2.75, 3.05) is 6.54 Å². The average Bonchev–Trinajstić information content (AvgIpc) is 3.04. The van der Waals surface area contributed by atoms with E-state index in [0.717, 1.165) is 11.1 Å². The quantitative estimate of drug-likeness (QED) is 0.304. The highest BCUT2D eigenvalue weighted by Gasteiger charge is 2.30. The molecule has 1 heterocycles. The van der Waals surface area contributed by atoms with Gasteiger partial charge in [0.25, 0.3) is 5.88 Å². The van der Waals surface area contributed by atoms with E-state index in [1.54, 1.807) is 13.0 Å². The highest BCUT2D eigenvalue weighted by molar-refractivity contribution is 5.98. The molecule has 10 heteroatoms. The van der Waals surface area contributed by atoms with Gasteiger partial charge in [0.15, 0.2) is 0 Å². The Labute approximate surface area is 148 Å². The topological polar surface area (TPSA) is 122 Å². The molecule has 1 amide bonds. The summed E-state index contributed by atoms with van der Waals surface area (Å²) in [5.41, 5.74) is 1.87. The van der Waals surface area contributed by atoms with Gasteiger partial charge in [-0.2, -0.15) is 0 Å². The van der Waals surface area contributed by atoms with E-state index >= 15 is 0 Å². The Hall–Kier alpha value is -3.17. The molecule has 0 bridgehead atoms. The highest BCUT2D eigenvalue weighted by Crippen LogP contribution is 2.34. The van der Waals surface area contributed by atoms with Crippen LogP contribution in [0.3, 0.4) is 0 Å². The Balaban J connectivity index is 1.68. The summed E-state index contributed by atoms with van der Waals surface area (Å²) in [6.45, 7) is 3.38. The predicted octanol–water partition coefficient (Wildman–Crippen LogP) is 1.13. The molecule has 26 heavy (non-hydrogen) atoms. The molecule has 1 aromatic carbocycles. The van der Waals surface area contributed by atoms with Crippen molar-refractivity contribution < 1.29 is 23.8 Å². The first-order valence-corrected chi connectivity index (χ1v) is 7.99. The lowest BCUT2D eigenvalue weighted by Gasteiger charge is -2.31. The van der Waals surface area contributed by atoms with Crippen LogP contribution >= 0.6 is 0 Å². The van der Waals surface area contributed by atoms with Crippen molar-refractivity contribution in [3.8, 4) is 5.88 Å². The van der Waals surface area contributed by atoms with Gasteiger partial charge in [-0.3, -0.25) is 4.79 Å². The number of nitrogens with zero attached hydrogens (tertiary/aromatic N) is 3. The number of oxime groups is 1. The third-order valence-electron chi connectivity index (χ3n) is 3.95. The summed E-state index contributed by atoms with van der Waals surface area (Å²) < 4.78 is 23.6. The van der Waals surface area contributed by atoms with Gasteiger partial charge >= 0.3 is 0 Å². The molecule has 2 atom stereocenters. The van der Waals surface area contributed by atoms with Crippen molar-refractivity contribution in [1.82, 2.24) is 20.9 Å². The minimum atomic E-state index is -0.414. The van der Waals surface area contributed by atoms with E-state index in [1.165, 1.54) is 19.1 Å². The van der Waals surface area contributed by atoms with Crippen molar-refractivity contribution in [1.29, 1.82) is 0 Å². The largest absolute Gasteiger partial charge is 0.469 e. The van der Waals surface area contributed by atoms with E-state index in [2.05, 4.69) is 30.7 Å². The van der Waals surface area contributed by atoms with Crippen LogP contribution in [0.25, 0.3) is 0 Å². The number of ether oxygens (including phenoxy) is 1. The number of carbonyl (C=O) groups is 1. The van der Waals surface area contributed by atoms with Gasteiger partial charge in [-0.05, 0) is 46.9 Å². The summed E-state index contributed by atoms with van der Waals surface area (Å²) in [4.78, 5) is 11.0. The van der Waals surface area contributed by atoms with Crippen LogP contribution in [0.5, 0.6) is 5.88 Å². The van der Waals surface area contributed by atoms with E-state index in [1.807, 2.05) is 0 Å². The first kappa shape index (κ1) is 17.6. The Morgan fingerprint density at radius 3 is 3.08 bits per heavy atom. The number of rotatable bonds is 6. The van der Waals surface area contributed by atoms with Gasteiger partial charge in [0.2, 0.25) is 17.4 Å². The number of nitrogens with one attached hydrogen (secondary N) is 2. The fourth-order valence-corrected chi connectivity index (χ4v) is 2.64.